The fraction of sp³-hybridized carbons (Fsp3) is 0.0769. The number of anilines is 1. The minimum atomic E-state index is -0.746. The third-order valence-corrected chi connectivity index (χ3v) is 3.27. The fourth-order valence-corrected chi connectivity index (χ4v) is 2.11. The second kappa shape index (κ2) is 5.08. The molecule has 17 heavy (non-hydrogen) atoms. The van der Waals surface area contributed by atoms with E-state index in [2.05, 4.69) is 15.9 Å². The lowest BCUT2D eigenvalue weighted by Crippen LogP contribution is -2.03. The van der Waals surface area contributed by atoms with Crippen LogP contribution in [0.4, 0.5) is 5.69 Å². The van der Waals surface area contributed by atoms with E-state index in [-0.39, 0.29) is 0 Å². The number of nitrogen functional groups attached to an aromatic ring is 1. The zero-order valence-corrected chi connectivity index (χ0v) is 11.2. The van der Waals surface area contributed by atoms with Gasteiger partial charge in [-0.15, -0.1) is 0 Å². The van der Waals surface area contributed by atoms with Crippen molar-refractivity contribution in [3.05, 3.63) is 63.1 Å². The number of halogens is 2. The predicted molar refractivity (Wildman–Crippen MR) is 74.1 cm³/mol. The molecule has 0 spiro atoms. The van der Waals surface area contributed by atoms with Crippen molar-refractivity contribution in [1.82, 2.24) is 0 Å². The van der Waals surface area contributed by atoms with Gasteiger partial charge in [0.2, 0.25) is 0 Å². The summed E-state index contributed by atoms with van der Waals surface area (Å²) in [7, 11) is 0. The van der Waals surface area contributed by atoms with E-state index in [9.17, 15) is 5.11 Å². The van der Waals surface area contributed by atoms with Crippen LogP contribution in [-0.2, 0) is 0 Å². The van der Waals surface area contributed by atoms with Crippen molar-refractivity contribution >= 4 is 33.2 Å². The molecule has 0 saturated heterocycles. The van der Waals surface area contributed by atoms with Gasteiger partial charge in [-0.3, -0.25) is 0 Å². The van der Waals surface area contributed by atoms with Gasteiger partial charge in [-0.05, 0) is 35.9 Å². The third kappa shape index (κ3) is 2.80. The monoisotopic (exact) mass is 311 g/mol. The van der Waals surface area contributed by atoms with Crippen molar-refractivity contribution in [3.8, 4) is 0 Å². The molecule has 4 heteroatoms. The molecule has 3 N–H and O–H groups in total. The van der Waals surface area contributed by atoms with Crippen molar-refractivity contribution in [2.24, 2.45) is 0 Å². The highest BCUT2D eigenvalue weighted by Crippen LogP contribution is 2.29. The van der Waals surface area contributed by atoms with Crippen LogP contribution in [-0.4, -0.2) is 5.11 Å². The number of nitrogens with two attached hydrogens (primary N) is 1. The summed E-state index contributed by atoms with van der Waals surface area (Å²) in [5.41, 5.74) is 7.86. The van der Waals surface area contributed by atoms with Crippen LogP contribution in [0.1, 0.15) is 17.2 Å². The molecule has 0 saturated carbocycles. The van der Waals surface area contributed by atoms with Crippen LogP contribution in [0.25, 0.3) is 0 Å². The van der Waals surface area contributed by atoms with Crippen LogP contribution in [0.15, 0.2) is 46.9 Å². The summed E-state index contributed by atoms with van der Waals surface area (Å²) in [4.78, 5) is 0. The quantitative estimate of drug-likeness (QED) is 0.829. The molecule has 0 fully saturated rings. The Bertz CT molecular complexity index is 527. The fourth-order valence-electron chi connectivity index (χ4n) is 1.61. The zero-order chi connectivity index (χ0) is 12.4. The van der Waals surface area contributed by atoms with Crippen molar-refractivity contribution in [2.75, 3.05) is 5.73 Å². The highest BCUT2D eigenvalue weighted by Gasteiger charge is 2.13. The van der Waals surface area contributed by atoms with Gasteiger partial charge in [0.05, 0.1) is 0 Å². The molecule has 0 amide bonds. The number of benzene rings is 2. The smallest absolute Gasteiger partial charge is 0.106 e. The van der Waals surface area contributed by atoms with E-state index in [1.807, 2.05) is 12.1 Å². The average molecular weight is 313 g/mol. The lowest BCUT2D eigenvalue weighted by atomic mass is 10.0. The lowest BCUT2D eigenvalue weighted by molar-refractivity contribution is 0.221. The van der Waals surface area contributed by atoms with E-state index < -0.39 is 6.10 Å². The second-order valence-electron chi connectivity index (χ2n) is 3.73. The Balaban J connectivity index is 2.39. The van der Waals surface area contributed by atoms with Crippen molar-refractivity contribution in [3.63, 3.8) is 0 Å². The highest BCUT2D eigenvalue weighted by atomic mass is 79.9. The van der Waals surface area contributed by atoms with Gasteiger partial charge in [0.25, 0.3) is 0 Å². The van der Waals surface area contributed by atoms with Crippen molar-refractivity contribution in [1.29, 1.82) is 0 Å². The van der Waals surface area contributed by atoms with Crippen LogP contribution in [0.3, 0.4) is 0 Å². The van der Waals surface area contributed by atoms with Crippen LogP contribution in [0.5, 0.6) is 0 Å². The molecule has 0 aliphatic heterocycles. The highest BCUT2D eigenvalue weighted by molar-refractivity contribution is 9.10. The third-order valence-electron chi connectivity index (χ3n) is 2.53. The van der Waals surface area contributed by atoms with Crippen LogP contribution in [0.2, 0.25) is 5.02 Å². The molecule has 0 bridgehead atoms. The number of hydrogen-bond donors (Lipinski definition) is 2. The largest absolute Gasteiger partial charge is 0.398 e. The molecule has 0 radical (unpaired) electrons. The second-order valence-corrected chi connectivity index (χ2v) is 5.08. The van der Waals surface area contributed by atoms with E-state index >= 15 is 0 Å². The number of aliphatic hydroxyl groups is 1. The van der Waals surface area contributed by atoms with Gasteiger partial charge in [0.15, 0.2) is 0 Å². The van der Waals surface area contributed by atoms with Gasteiger partial charge in [-0.2, -0.15) is 0 Å². The molecule has 2 nitrogen and oxygen atoms in total. The standard InChI is InChI=1S/C13H11BrClNO/c14-9-3-6-12(16)11(7-9)13(17)8-1-4-10(15)5-2-8/h1-7,13,17H,16H2/t13-/m1/s1. The van der Waals surface area contributed by atoms with Gasteiger partial charge < -0.3 is 10.8 Å². The molecular weight excluding hydrogens is 302 g/mol. The molecule has 0 aliphatic rings. The summed E-state index contributed by atoms with van der Waals surface area (Å²) in [6.45, 7) is 0. The first kappa shape index (κ1) is 12.4. The normalized spacial score (nSPS) is 12.4. The van der Waals surface area contributed by atoms with E-state index in [0.717, 1.165) is 10.0 Å². The molecule has 0 aromatic heterocycles. The Kier molecular flexibility index (Phi) is 3.72. The maximum Gasteiger partial charge on any atom is 0.106 e. The van der Waals surface area contributed by atoms with Gasteiger partial charge in [-0.1, -0.05) is 39.7 Å². The van der Waals surface area contributed by atoms with Crippen LogP contribution >= 0.6 is 27.5 Å². The first-order chi connectivity index (χ1) is 8.08. The first-order valence-corrected chi connectivity index (χ1v) is 6.23. The Hall–Kier alpha value is -1.03. The summed E-state index contributed by atoms with van der Waals surface area (Å²) in [6.07, 6.45) is -0.746. The molecule has 0 aliphatic carbocycles. The van der Waals surface area contributed by atoms with E-state index in [4.69, 9.17) is 17.3 Å². The Labute approximate surface area is 113 Å². The SMILES string of the molecule is Nc1ccc(Br)cc1[C@H](O)c1ccc(Cl)cc1. The van der Waals surface area contributed by atoms with Crippen LogP contribution in [0, 0.1) is 0 Å². The van der Waals surface area contributed by atoms with E-state index in [0.29, 0.717) is 16.3 Å². The van der Waals surface area contributed by atoms with Crippen LogP contribution < -0.4 is 5.73 Å². The summed E-state index contributed by atoms with van der Waals surface area (Å²) in [5.74, 6) is 0. The molecule has 88 valence electrons. The maximum atomic E-state index is 10.2. The zero-order valence-electron chi connectivity index (χ0n) is 8.90. The number of hydrogen-bond acceptors (Lipinski definition) is 2. The summed E-state index contributed by atoms with van der Waals surface area (Å²) >= 11 is 9.17. The number of aliphatic hydroxyl groups excluding tert-OH is 1. The average Bonchev–Trinajstić information content (AvgIpc) is 2.32. The molecule has 2 aromatic rings. The van der Waals surface area contributed by atoms with Gasteiger partial charge >= 0.3 is 0 Å². The van der Waals surface area contributed by atoms with Crippen molar-refractivity contribution < 1.29 is 5.11 Å². The predicted octanol–water partition coefficient (Wildman–Crippen LogP) is 3.77. The minimum Gasteiger partial charge on any atom is -0.398 e. The maximum absolute atomic E-state index is 10.2. The summed E-state index contributed by atoms with van der Waals surface area (Å²) < 4.78 is 0.884. The molecule has 0 unspecified atom stereocenters. The molecule has 1 atom stereocenters. The van der Waals surface area contributed by atoms with Gasteiger partial charge in [-0.25, -0.2) is 0 Å². The topological polar surface area (TPSA) is 46.2 Å². The van der Waals surface area contributed by atoms with E-state index in [1.54, 1.807) is 30.3 Å². The van der Waals surface area contributed by atoms with Crippen molar-refractivity contribution in [2.45, 2.75) is 6.10 Å². The molecule has 0 heterocycles. The first-order valence-electron chi connectivity index (χ1n) is 5.06. The molecule has 2 aromatic carbocycles. The molecule has 2 rings (SSSR count). The molecular formula is C13H11BrClNO. The Morgan fingerprint density at radius 1 is 1.12 bits per heavy atom. The van der Waals surface area contributed by atoms with Gasteiger partial charge in [0, 0.05) is 20.7 Å². The Morgan fingerprint density at radius 2 is 1.76 bits per heavy atom. The number of rotatable bonds is 2. The van der Waals surface area contributed by atoms with E-state index in [1.165, 1.54) is 0 Å². The summed E-state index contributed by atoms with van der Waals surface area (Å²) in [6, 6.07) is 12.5. The summed E-state index contributed by atoms with van der Waals surface area (Å²) in [5, 5.41) is 10.9. The minimum absolute atomic E-state index is 0.565. The lowest BCUT2D eigenvalue weighted by Gasteiger charge is -2.14. The van der Waals surface area contributed by atoms with Gasteiger partial charge in [0.1, 0.15) is 6.10 Å². The Morgan fingerprint density at radius 3 is 2.41 bits per heavy atom.